The van der Waals surface area contributed by atoms with Crippen LogP contribution in [0.4, 0.5) is 13.2 Å². The van der Waals surface area contributed by atoms with Gasteiger partial charge in [0.05, 0.1) is 0 Å². The quantitative estimate of drug-likeness (QED) is 0.771. The number of hydrogen-bond donors (Lipinski definition) is 1. The van der Waals surface area contributed by atoms with Crippen molar-refractivity contribution in [1.29, 1.82) is 0 Å². The summed E-state index contributed by atoms with van der Waals surface area (Å²) in [6.45, 7) is 1.66. The Morgan fingerprint density at radius 1 is 1.32 bits per heavy atom. The van der Waals surface area contributed by atoms with E-state index < -0.39 is 12.8 Å². The van der Waals surface area contributed by atoms with Gasteiger partial charge in [-0.25, -0.2) is 0 Å². The topological polar surface area (TPSA) is 21.3 Å². The second-order valence-electron chi connectivity index (χ2n) is 4.63. The smallest absolute Gasteiger partial charge is 0.372 e. The maximum absolute atomic E-state index is 12.0. The van der Waals surface area contributed by atoms with E-state index in [-0.39, 0.29) is 12.5 Å². The fourth-order valence-corrected chi connectivity index (χ4v) is 1.97. The molecule has 108 valence electrons. The molecule has 1 unspecified atom stereocenters. The summed E-state index contributed by atoms with van der Waals surface area (Å²) in [6, 6.07) is 8.02. The Morgan fingerprint density at radius 2 is 2.05 bits per heavy atom. The summed E-state index contributed by atoms with van der Waals surface area (Å²) in [7, 11) is 1.83. The molecule has 0 heterocycles. The molecule has 1 atom stereocenters. The molecular formula is C14H20F3NO. The fourth-order valence-electron chi connectivity index (χ4n) is 1.97. The van der Waals surface area contributed by atoms with E-state index >= 15 is 0 Å². The SMILES string of the molecule is CNCC(CCOCC(F)(F)F)c1cccc(C)c1. The molecule has 0 aliphatic carbocycles. The number of hydrogen-bond acceptors (Lipinski definition) is 2. The Labute approximate surface area is 112 Å². The number of rotatable bonds is 7. The van der Waals surface area contributed by atoms with Crippen molar-refractivity contribution in [2.45, 2.75) is 25.4 Å². The first-order valence-electron chi connectivity index (χ1n) is 6.28. The molecule has 19 heavy (non-hydrogen) atoms. The van der Waals surface area contributed by atoms with Gasteiger partial charge in [0.15, 0.2) is 0 Å². The van der Waals surface area contributed by atoms with E-state index in [1.54, 1.807) is 0 Å². The van der Waals surface area contributed by atoms with Crippen molar-refractivity contribution < 1.29 is 17.9 Å². The summed E-state index contributed by atoms with van der Waals surface area (Å²) in [4.78, 5) is 0. The number of likely N-dealkylation sites (N-methyl/N-ethyl adjacent to an activating group) is 1. The molecule has 1 rings (SSSR count). The van der Waals surface area contributed by atoms with Gasteiger partial charge < -0.3 is 10.1 Å². The largest absolute Gasteiger partial charge is 0.411 e. The highest BCUT2D eigenvalue weighted by molar-refractivity contribution is 5.25. The summed E-state index contributed by atoms with van der Waals surface area (Å²) in [6.07, 6.45) is -3.68. The molecule has 0 bridgehead atoms. The number of alkyl halides is 3. The predicted octanol–water partition coefficient (Wildman–Crippen LogP) is 3.27. The third-order valence-corrected chi connectivity index (χ3v) is 2.84. The van der Waals surface area contributed by atoms with E-state index in [0.29, 0.717) is 6.42 Å². The summed E-state index contributed by atoms with van der Waals surface area (Å²) in [5.41, 5.74) is 2.28. The third-order valence-electron chi connectivity index (χ3n) is 2.84. The van der Waals surface area contributed by atoms with Crippen LogP contribution in [0.2, 0.25) is 0 Å². The van der Waals surface area contributed by atoms with Crippen LogP contribution in [-0.4, -0.2) is 33.0 Å². The van der Waals surface area contributed by atoms with E-state index in [1.165, 1.54) is 0 Å². The summed E-state index contributed by atoms with van der Waals surface area (Å²) < 4.78 is 40.6. The van der Waals surface area contributed by atoms with Crippen LogP contribution in [0.25, 0.3) is 0 Å². The van der Waals surface area contributed by atoms with Crippen molar-refractivity contribution in [3.63, 3.8) is 0 Å². The molecule has 0 amide bonds. The molecule has 0 aromatic heterocycles. The summed E-state index contributed by atoms with van der Waals surface area (Å²) in [5, 5.41) is 3.07. The molecule has 0 aliphatic rings. The average Bonchev–Trinajstić information content (AvgIpc) is 2.32. The number of halogens is 3. The maximum atomic E-state index is 12.0. The standard InChI is InChI=1S/C14H20F3NO/c1-11-4-3-5-12(8-11)13(9-18-2)6-7-19-10-14(15,16)17/h3-5,8,13,18H,6-7,9-10H2,1-2H3. The monoisotopic (exact) mass is 275 g/mol. The van der Waals surface area contributed by atoms with Crippen molar-refractivity contribution >= 4 is 0 Å². The van der Waals surface area contributed by atoms with E-state index in [0.717, 1.165) is 17.7 Å². The molecule has 1 aromatic rings. The van der Waals surface area contributed by atoms with Gasteiger partial charge in [-0.3, -0.25) is 0 Å². The highest BCUT2D eigenvalue weighted by Gasteiger charge is 2.27. The van der Waals surface area contributed by atoms with Crippen LogP contribution in [0.3, 0.4) is 0 Å². The Hall–Kier alpha value is -1.07. The van der Waals surface area contributed by atoms with Gasteiger partial charge in [-0.1, -0.05) is 29.8 Å². The Balaban J connectivity index is 2.49. The molecule has 5 heteroatoms. The third kappa shape index (κ3) is 6.59. The molecule has 0 saturated carbocycles. The van der Waals surface area contributed by atoms with Crippen molar-refractivity contribution in [2.75, 3.05) is 26.8 Å². The zero-order valence-electron chi connectivity index (χ0n) is 11.3. The van der Waals surface area contributed by atoms with E-state index in [2.05, 4.69) is 16.1 Å². The van der Waals surface area contributed by atoms with Crippen LogP contribution in [-0.2, 0) is 4.74 Å². The number of ether oxygens (including phenoxy) is 1. The number of benzene rings is 1. The van der Waals surface area contributed by atoms with Gasteiger partial charge in [0.2, 0.25) is 0 Å². The van der Waals surface area contributed by atoms with Crippen molar-refractivity contribution in [3.8, 4) is 0 Å². The van der Waals surface area contributed by atoms with Crippen molar-refractivity contribution in [2.24, 2.45) is 0 Å². The molecule has 0 spiro atoms. The minimum atomic E-state index is -4.25. The van der Waals surface area contributed by atoms with Crippen LogP contribution >= 0.6 is 0 Å². The zero-order valence-corrected chi connectivity index (χ0v) is 11.3. The minimum Gasteiger partial charge on any atom is -0.372 e. The van der Waals surface area contributed by atoms with Gasteiger partial charge in [0.25, 0.3) is 0 Å². The van der Waals surface area contributed by atoms with Gasteiger partial charge in [0.1, 0.15) is 6.61 Å². The molecule has 1 aromatic carbocycles. The van der Waals surface area contributed by atoms with Crippen LogP contribution in [0, 0.1) is 6.92 Å². The Morgan fingerprint density at radius 3 is 2.63 bits per heavy atom. The van der Waals surface area contributed by atoms with Crippen LogP contribution < -0.4 is 5.32 Å². The lowest BCUT2D eigenvalue weighted by atomic mass is 9.95. The zero-order chi connectivity index (χ0) is 14.3. The van der Waals surface area contributed by atoms with Crippen molar-refractivity contribution in [3.05, 3.63) is 35.4 Å². The van der Waals surface area contributed by atoms with Gasteiger partial charge in [-0.2, -0.15) is 13.2 Å². The molecule has 0 radical (unpaired) electrons. The van der Waals surface area contributed by atoms with Gasteiger partial charge in [0, 0.05) is 13.2 Å². The van der Waals surface area contributed by atoms with E-state index in [9.17, 15) is 13.2 Å². The number of nitrogens with one attached hydrogen (secondary N) is 1. The lowest BCUT2D eigenvalue weighted by molar-refractivity contribution is -0.174. The van der Waals surface area contributed by atoms with Crippen LogP contribution in [0.1, 0.15) is 23.5 Å². The second kappa shape index (κ2) is 7.50. The summed E-state index contributed by atoms with van der Waals surface area (Å²) in [5.74, 6) is 0.165. The molecule has 1 N–H and O–H groups in total. The van der Waals surface area contributed by atoms with E-state index in [1.807, 2.05) is 32.2 Å². The lowest BCUT2D eigenvalue weighted by Crippen LogP contribution is -2.21. The molecule has 0 aliphatic heterocycles. The predicted molar refractivity (Wildman–Crippen MR) is 69.3 cm³/mol. The lowest BCUT2D eigenvalue weighted by Gasteiger charge is -2.18. The first-order chi connectivity index (χ1) is 8.92. The normalized spacial score (nSPS) is 13.5. The van der Waals surface area contributed by atoms with Crippen molar-refractivity contribution in [1.82, 2.24) is 5.32 Å². The maximum Gasteiger partial charge on any atom is 0.411 e. The van der Waals surface area contributed by atoms with Gasteiger partial charge in [-0.15, -0.1) is 0 Å². The van der Waals surface area contributed by atoms with Gasteiger partial charge >= 0.3 is 6.18 Å². The average molecular weight is 275 g/mol. The minimum absolute atomic E-state index is 0.111. The molecule has 0 saturated heterocycles. The molecule has 0 fully saturated rings. The Bertz CT molecular complexity index is 379. The highest BCUT2D eigenvalue weighted by Crippen LogP contribution is 2.21. The first kappa shape index (κ1) is 16.0. The highest BCUT2D eigenvalue weighted by atomic mass is 19.4. The van der Waals surface area contributed by atoms with Crippen LogP contribution in [0.15, 0.2) is 24.3 Å². The van der Waals surface area contributed by atoms with Crippen LogP contribution in [0.5, 0.6) is 0 Å². The summed E-state index contributed by atoms with van der Waals surface area (Å²) >= 11 is 0. The first-order valence-corrected chi connectivity index (χ1v) is 6.28. The molecule has 2 nitrogen and oxygen atoms in total. The Kier molecular flexibility index (Phi) is 6.31. The van der Waals surface area contributed by atoms with Gasteiger partial charge in [-0.05, 0) is 31.9 Å². The fraction of sp³-hybridized carbons (Fsp3) is 0.571. The molecular weight excluding hydrogens is 255 g/mol. The second-order valence-corrected chi connectivity index (χ2v) is 4.63. The number of aryl methyl sites for hydroxylation is 1. The van der Waals surface area contributed by atoms with E-state index in [4.69, 9.17) is 0 Å².